The second-order valence-electron chi connectivity index (χ2n) is 19.4. The number of allylic oxidation sites excluding steroid dienone is 5. The van der Waals surface area contributed by atoms with E-state index in [2.05, 4.69) is 263 Å². The van der Waals surface area contributed by atoms with Crippen molar-refractivity contribution >= 4 is 98.7 Å². The molecule has 1 N–H and O–H groups in total. The van der Waals surface area contributed by atoms with Crippen LogP contribution < -0.4 is 5.43 Å². The quantitative estimate of drug-likeness (QED) is 0.139. The Hall–Kier alpha value is -9.79. The second kappa shape index (κ2) is 17.5. The number of rotatable bonds is 10. The minimum atomic E-state index is 0.401. The zero-order valence-corrected chi connectivity index (χ0v) is 41.8. The van der Waals surface area contributed by atoms with Gasteiger partial charge in [0.15, 0.2) is 5.82 Å². The molecule has 358 valence electrons. The lowest BCUT2D eigenvalue weighted by molar-refractivity contribution is 0.915. The van der Waals surface area contributed by atoms with E-state index >= 15 is 0 Å². The van der Waals surface area contributed by atoms with Crippen molar-refractivity contribution in [3.63, 3.8) is 0 Å². The molecule has 0 aliphatic heterocycles. The first-order valence-electron chi connectivity index (χ1n) is 25.6. The van der Waals surface area contributed by atoms with Crippen LogP contribution in [0.25, 0.3) is 122 Å². The smallest absolute Gasteiger partial charge is 0.247 e. The first-order chi connectivity index (χ1) is 36.9. The summed E-state index contributed by atoms with van der Waals surface area (Å²) in [5, 5.41) is 9.09. The van der Waals surface area contributed by atoms with Crippen molar-refractivity contribution in [1.82, 2.24) is 33.3 Å². The number of benzene rings is 9. The third kappa shape index (κ3) is 6.94. The van der Waals surface area contributed by atoms with E-state index in [1.807, 2.05) is 6.08 Å². The molecule has 14 aromatic rings. The van der Waals surface area contributed by atoms with Crippen LogP contribution in [0.5, 0.6) is 0 Å². The van der Waals surface area contributed by atoms with Crippen molar-refractivity contribution in [2.24, 2.45) is 0 Å². The van der Waals surface area contributed by atoms with E-state index in [0.29, 0.717) is 17.7 Å². The van der Waals surface area contributed by atoms with Crippen molar-refractivity contribution in [3.8, 4) is 28.7 Å². The predicted octanol–water partition coefficient (Wildman–Crippen LogP) is 17.0. The van der Waals surface area contributed by atoms with Crippen LogP contribution >= 0.6 is 0 Å². The van der Waals surface area contributed by atoms with Crippen LogP contribution in [0.15, 0.2) is 231 Å². The van der Waals surface area contributed by atoms with E-state index in [9.17, 15) is 0 Å². The van der Waals surface area contributed by atoms with Gasteiger partial charge in [-0.1, -0.05) is 189 Å². The van der Waals surface area contributed by atoms with Crippen LogP contribution in [0.4, 0.5) is 5.95 Å². The molecule has 0 aliphatic carbocycles. The van der Waals surface area contributed by atoms with Crippen LogP contribution in [0.1, 0.15) is 31.4 Å². The molecular weight excluding hydrogens is 917 g/mol. The molecular formula is C67H50N8. The Bertz CT molecular complexity index is 4690. The summed E-state index contributed by atoms with van der Waals surface area (Å²) in [4.78, 5) is 16.4. The maximum atomic E-state index is 5.55. The van der Waals surface area contributed by atoms with Crippen LogP contribution in [-0.4, -0.2) is 33.3 Å². The summed E-state index contributed by atoms with van der Waals surface area (Å²) < 4.78 is 9.25. The number of aromatic nitrogens is 7. The SMILES string of the molecule is C=C/C(C)=C/C=C(\CC)c1ccc(-c2nc(Nn3c4ccccc4c4ccc5c6ccccc6n(-c6cccc(C)c6)c5c43)nc(-n3c4ccccc4c4ccc5c6ccccc6n(-c6ccccc6)c5c43)n2)cc1. The molecule has 14 rings (SSSR count). The second-order valence-corrected chi connectivity index (χ2v) is 19.4. The van der Waals surface area contributed by atoms with Gasteiger partial charge in [0.25, 0.3) is 0 Å². The monoisotopic (exact) mass is 966 g/mol. The lowest BCUT2D eigenvalue weighted by atomic mass is 10.0. The van der Waals surface area contributed by atoms with Crippen LogP contribution in [0.2, 0.25) is 0 Å². The van der Waals surface area contributed by atoms with Crippen LogP contribution in [-0.2, 0) is 0 Å². The molecule has 0 unspecified atom stereocenters. The highest BCUT2D eigenvalue weighted by atomic mass is 15.5. The highest BCUT2D eigenvalue weighted by Gasteiger charge is 2.25. The minimum absolute atomic E-state index is 0.401. The van der Waals surface area contributed by atoms with Crippen molar-refractivity contribution < 1.29 is 0 Å². The highest BCUT2D eigenvalue weighted by molar-refractivity contribution is 6.25. The molecule has 5 heterocycles. The third-order valence-corrected chi connectivity index (χ3v) is 15.0. The van der Waals surface area contributed by atoms with Gasteiger partial charge in [-0.3, -0.25) is 14.7 Å². The van der Waals surface area contributed by atoms with E-state index in [1.165, 1.54) is 21.9 Å². The zero-order valence-electron chi connectivity index (χ0n) is 41.8. The molecule has 8 nitrogen and oxygen atoms in total. The number of nitrogens with zero attached hydrogens (tertiary/aromatic N) is 7. The average Bonchev–Trinajstić information content (AvgIpc) is 4.19. The normalized spacial score (nSPS) is 12.5. The predicted molar refractivity (Wildman–Crippen MR) is 314 cm³/mol. The van der Waals surface area contributed by atoms with E-state index in [-0.39, 0.29) is 0 Å². The fraction of sp³-hybridized carbons (Fsp3) is 0.0597. The molecule has 8 heteroatoms. The topological polar surface area (TPSA) is 70.4 Å². The number of anilines is 1. The zero-order chi connectivity index (χ0) is 50.3. The van der Waals surface area contributed by atoms with Crippen LogP contribution in [0.3, 0.4) is 0 Å². The molecule has 0 radical (unpaired) electrons. The van der Waals surface area contributed by atoms with Gasteiger partial charge in [-0.15, -0.1) is 0 Å². The first kappa shape index (κ1) is 44.0. The summed E-state index contributed by atoms with van der Waals surface area (Å²) in [7, 11) is 0. The Balaban J connectivity index is 1.07. The molecule has 0 aliphatic rings. The highest BCUT2D eigenvalue weighted by Crippen LogP contribution is 2.43. The van der Waals surface area contributed by atoms with Gasteiger partial charge < -0.3 is 9.13 Å². The fourth-order valence-electron chi connectivity index (χ4n) is 11.5. The summed E-state index contributed by atoms with van der Waals surface area (Å²) in [5.74, 6) is 1.44. The van der Waals surface area contributed by atoms with E-state index in [4.69, 9.17) is 15.0 Å². The van der Waals surface area contributed by atoms with Gasteiger partial charge in [0.05, 0.1) is 44.1 Å². The molecule has 0 saturated carbocycles. The van der Waals surface area contributed by atoms with E-state index in [0.717, 1.165) is 111 Å². The Morgan fingerprint density at radius 1 is 0.480 bits per heavy atom. The Labute approximate surface area is 433 Å². The number of fused-ring (bicyclic) bond motifs is 14. The van der Waals surface area contributed by atoms with Crippen LogP contribution in [0, 0.1) is 6.92 Å². The standard InChI is InChI=1S/C67H50N8/c1-5-42(3)31-32-44(6-2)45-33-35-46(36-34-45)65-68-66(71-75-60-30-17-13-26-52(60)56-40-39-55-50-24-11-15-28-58(50)73(63(55)64(56)75)48-22-18-19-43(4)41-48)70-67(69-65)74-59-29-16-12-25-51(59)54-38-37-53-49-23-10-14-27-57(49)72(61(53)62(54)74)47-20-8-7-9-21-47/h5,7-41H,1,6H2,2-4H3,(H,68,69,70,71)/b42-31+,44-32+. The van der Waals surface area contributed by atoms with Gasteiger partial charge in [-0.2, -0.15) is 15.0 Å². The summed E-state index contributed by atoms with van der Waals surface area (Å²) in [6.07, 6.45) is 7.07. The number of aryl methyl sites for hydroxylation is 1. The molecule has 0 spiro atoms. The minimum Gasteiger partial charge on any atom is -0.307 e. The molecule has 5 aromatic heterocycles. The molecule has 0 amide bonds. The van der Waals surface area contributed by atoms with E-state index in [1.54, 1.807) is 0 Å². The number of hydrogen-bond acceptors (Lipinski definition) is 4. The summed E-state index contributed by atoms with van der Waals surface area (Å²) in [6, 6.07) is 71.7. The molecule has 0 atom stereocenters. The summed E-state index contributed by atoms with van der Waals surface area (Å²) >= 11 is 0. The van der Waals surface area contributed by atoms with Gasteiger partial charge in [-0.25, -0.2) is 0 Å². The van der Waals surface area contributed by atoms with Gasteiger partial charge in [0, 0.05) is 60.0 Å². The van der Waals surface area contributed by atoms with Crippen molar-refractivity contribution in [2.75, 3.05) is 5.43 Å². The Morgan fingerprint density at radius 2 is 0.987 bits per heavy atom. The van der Waals surface area contributed by atoms with Crippen molar-refractivity contribution in [1.29, 1.82) is 0 Å². The number of nitrogens with one attached hydrogen (secondary N) is 1. The molecule has 0 bridgehead atoms. The first-order valence-corrected chi connectivity index (χ1v) is 25.6. The molecule has 75 heavy (non-hydrogen) atoms. The summed E-state index contributed by atoms with van der Waals surface area (Å²) in [5.41, 5.74) is 20.0. The largest absolute Gasteiger partial charge is 0.307 e. The van der Waals surface area contributed by atoms with Crippen molar-refractivity contribution in [2.45, 2.75) is 27.2 Å². The molecule has 9 aromatic carbocycles. The lowest BCUT2D eigenvalue weighted by Crippen LogP contribution is -2.15. The third-order valence-electron chi connectivity index (χ3n) is 15.0. The Kier molecular flexibility index (Phi) is 10.2. The van der Waals surface area contributed by atoms with Gasteiger partial charge in [-0.05, 0) is 85.5 Å². The Morgan fingerprint density at radius 3 is 1.59 bits per heavy atom. The average molecular weight is 967 g/mol. The maximum Gasteiger partial charge on any atom is 0.247 e. The summed E-state index contributed by atoms with van der Waals surface area (Å²) in [6.45, 7) is 10.4. The van der Waals surface area contributed by atoms with Gasteiger partial charge in [0.2, 0.25) is 11.9 Å². The number of hydrogen-bond donors (Lipinski definition) is 1. The lowest BCUT2D eigenvalue weighted by Gasteiger charge is -2.16. The van der Waals surface area contributed by atoms with E-state index < -0.39 is 0 Å². The van der Waals surface area contributed by atoms with Crippen molar-refractivity contribution in [3.05, 3.63) is 242 Å². The molecule has 0 fully saturated rings. The van der Waals surface area contributed by atoms with Gasteiger partial charge in [0.1, 0.15) is 0 Å². The number of para-hydroxylation sites is 5. The van der Waals surface area contributed by atoms with Gasteiger partial charge >= 0.3 is 0 Å². The molecule has 0 saturated heterocycles. The maximum absolute atomic E-state index is 5.55. The fourth-order valence-corrected chi connectivity index (χ4v) is 11.5.